The van der Waals surface area contributed by atoms with Crippen LogP contribution in [0.15, 0.2) is 0 Å². The first kappa shape index (κ1) is 15.9. The molecule has 0 fully saturated rings. The largest absolute Gasteiger partial charge is 0.379 e. The highest BCUT2D eigenvalue weighted by atomic mass is 32.2. The number of nitrogens with one attached hydrogen (secondary N) is 1. The van der Waals surface area contributed by atoms with E-state index in [1.165, 1.54) is 6.26 Å². The Labute approximate surface area is 99.7 Å². The smallest absolute Gasteiger partial charge is 0.153 e. The molecule has 0 saturated carbocycles. The Hall–Kier alpha value is -0.130. The van der Waals surface area contributed by atoms with Crippen molar-refractivity contribution in [1.29, 1.82) is 0 Å². The molecule has 0 aromatic rings. The third-order valence-corrected chi connectivity index (χ3v) is 4.66. The van der Waals surface area contributed by atoms with E-state index in [1.54, 1.807) is 13.8 Å². The second-order valence-corrected chi connectivity index (χ2v) is 7.63. The molecule has 0 spiro atoms. The fourth-order valence-corrected chi connectivity index (χ4v) is 1.40. The first-order valence-electron chi connectivity index (χ1n) is 5.69. The highest BCUT2D eigenvalue weighted by molar-refractivity contribution is 7.92. The zero-order valence-corrected chi connectivity index (χ0v) is 11.9. The third kappa shape index (κ3) is 6.45. The van der Waals surface area contributed by atoms with Crippen LogP contribution in [-0.2, 0) is 14.6 Å². The molecule has 0 amide bonds. The van der Waals surface area contributed by atoms with Gasteiger partial charge in [-0.25, -0.2) is 8.42 Å². The number of hydrogen-bond acceptors (Lipinski definition) is 4. The van der Waals surface area contributed by atoms with Crippen molar-refractivity contribution in [3.8, 4) is 0 Å². The van der Waals surface area contributed by atoms with Gasteiger partial charge in [-0.3, -0.25) is 0 Å². The lowest BCUT2D eigenvalue weighted by Crippen LogP contribution is -2.42. The summed E-state index contributed by atoms with van der Waals surface area (Å²) in [7, 11) is -3.00. The van der Waals surface area contributed by atoms with Crippen LogP contribution in [0, 0.1) is 0 Å². The molecule has 98 valence electrons. The predicted octanol–water partition coefficient (Wildman–Crippen LogP) is 1.21. The normalized spacial score (nSPS) is 13.4. The molecule has 0 aromatic carbocycles. The van der Waals surface area contributed by atoms with Crippen molar-refractivity contribution in [1.82, 2.24) is 5.32 Å². The van der Waals surface area contributed by atoms with Crippen LogP contribution < -0.4 is 5.32 Å². The van der Waals surface area contributed by atoms with Gasteiger partial charge in [-0.1, -0.05) is 0 Å². The fourth-order valence-electron chi connectivity index (χ4n) is 1.04. The van der Waals surface area contributed by atoms with Crippen LogP contribution >= 0.6 is 0 Å². The molecule has 0 atom stereocenters. The summed E-state index contributed by atoms with van der Waals surface area (Å²) in [6.07, 6.45) is 2.43. The topological polar surface area (TPSA) is 55.4 Å². The molecule has 0 aliphatic carbocycles. The van der Waals surface area contributed by atoms with Crippen molar-refractivity contribution in [2.24, 2.45) is 0 Å². The van der Waals surface area contributed by atoms with Crippen molar-refractivity contribution in [3.05, 3.63) is 0 Å². The lowest BCUT2D eigenvalue weighted by molar-refractivity contribution is 0.0770. The molecule has 0 aromatic heterocycles. The first-order chi connectivity index (χ1) is 7.17. The van der Waals surface area contributed by atoms with E-state index >= 15 is 0 Å². The summed E-state index contributed by atoms with van der Waals surface area (Å²) in [4.78, 5) is 0. The average Bonchev–Trinajstić information content (AvgIpc) is 2.08. The molecule has 0 rings (SSSR count). The first-order valence-corrected chi connectivity index (χ1v) is 7.58. The summed E-state index contributed by atoms with van der Waals surface area (Å²) in [5.41, 5.74) is 0. The standard InChI is InChI=1S/C11H25NO3S/c1-10(2)15-8-6-7-12-9-11(3,4)16(5,13)14/h10,12H,6-9H2,1-5H3. The minimum Gasteiger partial charge on any atom is -0.379 e. The maximum Gasteiger partial charge on any atom is 0.153 e. The van der Waals surface area contributed by atoms with Crippen molar-refractivity contribution in [2.75, 3.05) is 26.0 Å². The van der Waals surface area contributed by atoms with Gasteiger partial charge in [0.1, 0.15) is 0 Å². The third-order valence-electron chi connectivity index (χ3n) is 2.50. The highest BCUT2D eigenvalue weighted by Gasteiger charge is 2.29. The highest BCUT2D eigenvalue weighted by Crippen LogP contribution is 2.13. The molecule has 5 heteroatoms. The molecular weight excluding hydrogens is 226 g/mol. The SMILES string of the molecule is CC(C)OCCCNCC(C)(C)S(C)(=O)=O. The molecule has 4 nitrogen and oxygen atoms in total. The molecule has 16 heavy (non-hydrogen) atoms. The van der Waals surface area contributed by atoms with E-state index in [0.717, 1.165) is 13.0 Å². The van der Waals surface area contributed by atoms with Gasteiger partial charge in [-0.2, -0.15) is 0 Å². The molecule has 0 radical (unpaired) electrons. The monoisotopic (exact) mass is 251 g/mol. The molecule has 0 bridgehead atoms. The quantitative estimate of drug-likeness (QED) is 0.659. The molecule has 0 aliphatic rings. The van der Waals surface area contributed by atoms with Gasteiger partial charge in [0.05, 0.1) is 10.9 Å². The fraction of sp³-hybridized carbons (Fsp3) is 1.00. The number of ether oxygens (including phenoxy) is 1. The molecule has 0 heterocycles. The predicted molar refractivity (Wildman–Crippen MR) is 67.5 cm³/mol. The van der Waals surface area contributed by atoms with Crippen LogP contribution in [0.25, 0.3) is 0 Å². The molecular formula is C11H25NO3S. The number of hydrogen-bond donors (Lipinski definition) is 1. The van der Waals surface area contributed by atoms with Crippen LogP contribution in [0.4, 0.5) is 0 Å². The second-order valence-electron chi connectivity index (χ2n) is 4.98. The number of rotatable bonds is 8. The van der Waals surface area contributed by atoms with Gasteiger partial charge >= 0.3 is 0 Å². The van der Waals surface area contributed by atoms with E-state index < -0.39 is 14.6 Å². The summed E-state index contributed by atoms with van der Waals surface area (Å²) >= 11 is 0. The van der Waals surface area contributed by atoms with Gasteiger partial charge in [-0.15, -0.1) is 0 Å². The minimum atomic E-state index is -3.00. The van der Waals surface area contributed by atoms with Crippen molar-refractivity contribution >= 4 is 9.84 Å². The lowest BCUT2D eigenvalue weighted by atomic mass is 10.2. The van der Waals surface area contributed by atoms with E-state index in [9.17, 15) is 8.42 Å². The van der Waals surface area contributed by atoms with E-state index in [2.05, 4.69) is 5.32 Å². The maximum atomic E-state index is 11.4. The zero-order chi connectivity index (χ0) is 12.8. The minimum absolute atomic E-state index is 0.257. The van der Waals surface area contributed by atoms with Crippen molar-refractivity contribution in [2.45, 2.75) is 45.0 Å². The van der Waals surface area contributed by atoms with Gasteiger partial charge in [0.2, 0.25) is 0 Å². The van der Waals surface area contributed by atoms with Crippen LogP contribution in [0.2, 0.25) is 0 Å². The van der Waals surface area contributed by atoms with Gasteiger partial charge < -0.3 is 10.1 Å². The average molecular weight is 251 g/mol. The summed E-state index contributed by atoms with van der Waals surface area (Å²) in [6.45, 7) is 9.45. The summed E-state index contributed by atoms with van der Waals surface area (Å²) < 4.78 is 27.5. The van der Waals surface area contributed by atoms with E-state index in [1.807, 2.05) is 13.8 Å². The Morgan fingerprint density at radius 3 is 2.31 bits per heavy atom. The lowest BCUT2D eigenvalue weighted by Gasteiger charge is -2.22. The van der Waals surface area contributed by atoms with Gasteiger partial charge in [0.25, 0.3) is 0 Å². The Morgan fingerprint density at radius 2 is 1.88 bits per heavy atom. The maximum absolute atomic E-state index is 11.4. The Bertz CT molecular complexity index is 284. The Kier molecular flexibility index (Phi) is 6.51. The van der Waals surface area contributed by atoms with Crippen LogP contribution in [0.1, 0.15) is 34.1 Å². The van der Waals surface area contributed by atoms with Crippen molar-refractivity contribution < 1.29 is 13.2 Å². The van der Waals surface area contributed by atoms with E-state index in [-0.39, 0.29) is 6.10 Å². The van der Waals surface area contributed by atoms with E-state index in [4.69, 9.17) is 4.74 Å². The van der Waals surface area contributed by atoms with Crippen molar-refractivity contribution in [3.63, 3.8) is 0 Å². The summed E-state index contributed by atoms with van der Waals surface area (Å²) in [5.74, 6) is 0. The van der Waals surface area contributed by atoms with Gasteiger partial charge in [-0.05, 0) is 40.7 Å². The van der Waals surface area contributed by atoms with Crippen LogP contribution in [0.3, 0.4) is 0 Å². The summed E-state index contributed by atoms with van der Waals surface area (Å²) in [5, 5.41) is 3.15. The Balaban J connectivity index is 3.67. The Morgan fingerprint density at radius 1 is 1.31 bits per heavy atom. The molecule has 0 aliphatic heterocycles. The number of sulfone groups is 1. The van der Waals surface area contributed by atoms with Gasteiger partial charge in [0, 0.05) is 19.4 Å². The zero-order valence-electron chi connectivity index (χ0n) is 11.0. The second kappa shape index (κ2) is 6.57. The van der Waals surface area contributed by atoms with E-state index in [0.29, 0.717) is 13.2 Å². The molecule has 1 N–H and O–H groups in total. The molecule has 0 saturated heterocycles. The molecule has 0 unspecified atom stereocenters. The van der Waals surface area contributed by atoms with Crippen LogP contribution in [-0.4, -0.2) is 45.2 Å². The van der Waals surface area contributed by atoms with Crippen LogP contribution in [0.5, 0.6) is 0 Å². The summed E-state index contributed by atoms with van der Waals surface area (Å²) in [6, 6.07) is 0. The van der Waals surface area contributed by atoms with Gasteiger partial charge in [0.15, 0.2) is 9.84 Å².